The molecule has 1 aromatic rings. The van der Waals surface area contributed by atoms with E-state index in [1.54, 1.807) is 20.2 Å². The van der Waals surface area contributed by atoms with Crippen molar-refractivity contribution in [3.8, 4) is 0 Å². The first kappa shape index (κ1) is 16.3. The van der Waals surface area contributed by atoms with Crippen LogP contribution < -0.4 is 10.6 Å². The first-order valence-corrected chi connectivity index (χ1v) is 6.07. The normalized spacial score (nSPS) is 12.3. The van der Waals surface area contributed by atoms with Crippen molar-refractivity contribution in [3.63, 3.8) is 0 Å². The first-order valence-electron chi connectivity index (χ1n) is 6.07. The monoisotopic (exact) mass is 289 g/mol. The van der Waals surface area contributed by atoms with E-state index in [2.05, 4.69) is 15.6 Å². The molecule has 0 radical (unpaired) electrons. The Morgan fingerprint density at radius 3 is 2.65 bits per heavy atom. The summed E-state index contributed by atoms with van der Waals surface area (Å²) in [5, 5.41) is 5.92. The van der Waals surface area contributed by atoms with Crippen LogP contribution in [-0.4, -0.2) is 33.3 Å². The van der Waals surface area contributed by atoms with Crippen LogP contribution in [0.15, 0.2) is 29.3 Å². The SMILES string of the molecule is CN=C(NCCOC)NCc1cccc(C(F)(F)F)c1. The highest BCUT2D eigenvalue weighted by Crippen LogP contribution is 2.29. The zero-order chi connectivity index (χ0) is 15.0. The van der Waals surface area contributed by atoms with Crippen molar-refractivity contribution in [2.75, 3.05) is 27.3 Å². The van der Waals surface area contributed by atoms with E-state index in [0.717, 1.165) is 12.1 Å². The maximum atomic E-state index is 12.6. The molecule has 0 aliphatic carbocycles. The molecule has 1 rings (SSSR count). The van der Waals surface area contributed by atoms with Gasteiger partial charge in [-0.25, -0.2) is 0 Å². The Balaban J connectivity index is 2.56. The minimum atomic E-state index is -4.32. The van der Waals surface area contributed by atoms with Gasteiger partial charge in [0.2, 0.25) is 0 Å². The van der Waals surface area contributed by atoms with Crippen LogP contribution in [0.25, 0.3) is 0 Å². The van der Waals surface area contributed by atoms with E-state index in [4.69, 9.17) is 4.74 Å². The third kappa shape index (κ3) is 5.48. The van der Waals surface area contributed by atoms with E-state index in [9.17, 15) is 13.2 Å². The zero-order valence-corrected chi connectivity index (χ0v) is 11.4. The molecule has 0 spiro atoms. The van der Waals surface area contributed by atoms with Crippen LogP contribution >= 0.6 is 0 Å². The summed E-state index contributed by atoms with van der Waals surface area (Å²) in [7, 11) is 3.18. The maximum Gasteiger partial charge on any atom is 0.416 e. The van der Waals surface area contributed by atoms with Crippen molar-refractivity contribution in [1.29, 1.82) is 0 Å². The summed E-state index contributed by atoms with van der Waals surface area (Å²) in [6.45, 7) is 1.35. The summed E-state index contributed by atoms with van der Waals surface area (Å²) in [5.74, 6) is 0.513. The van der Waals surface area contributed by atoms with Gasteiger partial charge in [0, 0.05) is 27.2 Å². The second-order valence-corrected chi connectivity index (χ2v) is 4.04. The number of hydrogen-bond donors (Lipinski definition) is 2. The van der Waals surface area contributed by atoms with Gasteiger partial charge in [0.1, 0.15) is 0 Å². The predicted molar refractivity (Wildman–Crippen MR) is 71.5 cm³/mol. The Morgan fingerprint density at radius 2 is 2.05 bits per heavy atom. The molecule has 0 amide bonds. The quantitative estimate of drug-likeness (QED) is 0.495. The molecule has 0 aromatic heterocycles. The fraction of sp³-hybridized carbons (Fsp3) is 0.462. The van der Waals surface area contributed by atoms with Gasteiger partial charge in [-0.3, -0.25) is 4.99 Å². The van der Waals surface area contributed by atoms with Gasteiger partial charge >= 0.3 is 6.18 Å². The molecule has 2 N–H and O–H groups in total. The Hall–Kier alpha value is -1.76. The number of benzene rings is 1. The lowest BCUT2D eigenvalue weighted by molar-refractivity contribution is -0.137. The second-order valence-electron chi connectivity index (χ2n) is 4.04. The van der Waals surface area contributed by atoms with E-state index in [1.165, 1.54) is 6.07 Å². The summed E-state index contributed by atoms with van der Waals surface area (Å²) < 4.78 is 42.6. The van der Waals surface area contributed by atoms with Crippen molar-refractivity contribution < 1.29 is 17.9 Å². The molecule has 1 aromatic carbocycles. The Bertz CT molecular complexity index is 447. The largest absolute Gasteiger partial charge is 0.416 e. The number of guanidine groups is 1. The van der Waals surface area contributed by atoms with Crippen LogP contribution in [0.1, 0.15) is 11.1 Å². The third-order valence-electron chi connectivity index (χ3n) is 2.54. The van der Waals surface area contributed by atoms with Crippen molar-refractivity contribution in [2.45, 2.75) is 12.7 Å². The van der Waals surface area contributed by atoms with Crippen molar-refractivity contribution in [2.24, 2.45) is 4.99 Å². The van der Waals surface area contributed by atoms with Crippen LogP contribution in [0.5, 0.6) is 0 Å². The number of rotatable bonds is 5. The van der Waals surface area contributed by atoms with Crippen molar-refractivity contribution >= 4 is 5.96 Å². The average Bonchev–Trinajstić information content (AvgIpc) is 2.42. The predicted octanol–water partition coefficient (Wildman–Crippen LogP) is 2.02. The number of methoxy groups -OCH3 is 1. The lowest BCUT2D eigenvalue weighted by Gasteiger charge is -2.13. The zero-order valence-electron chi connectivity index (χ0n) is 11.4. The summed E-state index contributed by atoms with van der Waals surface area (Å²) in [6.07, 6.45) is -4.32. The van der Waals surface area contributed by atoms with Gasteiger partial charge in [-0.05, 0) is 17.7 Å². The topological polar surface area (TPSA) is 45.7 Å². The van der Waals surface area contributed by atoms with Crippen LogP contribution in [0, 0.1) is 0 Å². The maximum absolute atomic E-state index is 12.6. The van der Waals surface area contributed by atoms with Crippen LogP contribution in [-0.2, 0) is 17.5 Å². The van der Waals surface area contributed by atoms with Crippen molar-refractivity contribution in [3.05, 3.63) is 35.4 Å². The minimum absolute atomic E-state index is 0.260. The number of nitrogens with zero attached hydrogens (tertiary/aromatic N) is 1. The molecule has 0 fully saturated rings. The molecule has 7 heteroatoms. The molecule has 112 valence electrons. The Morgan fingerprint density at radius 1 is 1.30 bits per heavy atom. The molecule has 0 aliphatic heterocycles. The van der Waals surface area contributed by atoms with Crippen molar-refractivity contribution in [1.82, 2.24) is 10.6 Å². The molecule has 0 heterocycles. The first-order chi connectivity index (χ1) is 9.47. The van der Waals surface area contributed by atoms with Crippen LogP contribution in [0.4, 0.5) is 13.2 Å². The van der Waals surface area contributed by atoms with Gasteiger partial charge in [0.25, 0.3) is 0 Å². The molecule has 0 saturated heterocycles. The summed E-state index contributed by atoms with van der Waals surface area (Å²) >= 11 is 0. The van der Waals surface area contributed by atoms with Crippen LogP contribution in [0.2, 0.25) is 0 Å². The molecular formula is C13H18F3N3O. The number of aliphatic imine (C=N–C) groups is 1. The van der Waals surface area contributed by atoms with Gasteiger partial charge < -0.3 is 15.4 Å². The molecule has 20 heavy (non-hydrogen) atoms. The smallest absolute Gasteiger partial charge is 0.383 e. The van der Waals surface area contributed by atoms with E-state index < -0.39 is 11.7 Å². The van der Waals surface area contributed by atoms with E-state index >= 15 is 0 Å². The molecule has 0 unspecified atom stereocenters. The van der Waals surface area contributed by atoms with Gasteiger partial charge in [-0.1, -0.05) is 12.1 Å². The Kier molecular flexibility index (Phi) is 6.30. The van der Waals surface area contributed by atoms with Gasteiger partial charge in [0.15, 0.2) is 5.96 Å². The second kappa shape index (κ2) is 7.74. The average molecular weight is 289 g/mol. The standard InChI is InChI=1S/C13H18F3N3O/c1-17-12(18-6-7-20-2)19-9-10-4-3-5-11(8-10)13(14,15)16/h3-5,8H,6-7,9H2,1-2H3,(H2,17,18,19). The number of halogens is 3. The van der Waals surface area contributed by atoms with Crippen LogP contribution in [0.3, 0.4) is 0 Å². The fourth-order valence-corrected chi connectivity index (χ4v) is 1.54. The lowest BCUT2D eigenvalue weighted by atomic mass is 10.1. The molecule has 4 nitrogen and oxygen atoms in total. The summed E-state index contributed by atoms with van der Waals surface area (Å²) in [5.41, 5.74) is -0.117. The molecular weight excluding hydrogens is 271 g/mol. The van der Waals surface area contributed by atoms with E-state index in [0.29, 0.717) is 24.7 Å². The van der Waals surface area contributed by atoms with Gasteiger partial charge in [0.05, 0.1) is 12.2 Å². The fourth-order valence-electron chi connectivity index (χ4n) is 1.54. The minimum Gasteiger partial charge on any atom is -0.383 e. The molecule has 0 saturated carbocycles. The summed E-state index contributed by atoms with van der Waals surface area (Å²) in [6, 6.07) is 5.19. The molecule has 0 atom stereocenters. The Labute approximate surface area is 116 Å². The van der Waals surface area contributed by atoms with Gasteiger partial charge in [-0.15, -0.1) is 0 Å². The number of alkyl halides is 3. The highest BCUT2D eigenvalue weighted by atomic mass is 19.4. The lowest BCUT2D eigenvalue weighted by Crippen LogP contribution is -2.38. The third-order valence-corrected chi connectivity index (χ3v) is 2.54. The summed E-state index contributed by atoms with van der Waals surface area (Å²) in [4.78, 5) is 3.96. The van der Waals surface area contributed by atoms with E-state index in [-0.39, 0.29) is 6.54 Å². The van der Waals surface area contributed by atoms with E-state index in [1.807, 2.05) is 0 Å². The number of nitrogens with one attached hydrogen (secondary N) is 2. The molecule has 0 aliphatic rings. The number of hydrogen-bond acceptors (Lipinski definition) is 2. The molecule has 0 bridgehead atoms. The highest BCUT2D eigenvalue weighted by molar-refractivity contribution is 5.79. The number of ether oxygens (including phenoxy) is 1. The van der Waals surface area contributed by atoms with Gasteiger partial charge in [-0.2, -0.15) is 13.2 Å². The highest BCUT2D eigenvalue weighted by Gasteiger charge is 2.30.